The van der Waals surface area contributed by atoms with Crippen molar-refractivity contribution in [3.8, 4) is 0 Å². The summed E-state index contributed by atoms with van der Waals surface area (Å²) in [5.74, 6) is 0. The number of nitrogens with one attached hydrogen (secondary N) is 1. The average Bonchev–Trinajstić information content (AvgIpc) is 2.18. The Labute approximate surface area is 88.0 Å². The fraction of sp³-hybridized carbons (Fsp3) is 0.500. The molecule has 0 bridgehead atoms. The lowest BCUT2D eigenvalue weighted by atomic mass is 10.3. The van der Waals surface area contributed by atoms with Crippen LogP contribution in [0.5, 0.6) is 0 Å². The van der Waals surface area contributed by atoms with Crippen LogP contribution in [0.25, 0.3) is 0 Å². The SMILES string of the molecule is C=CCNCCCN(CC=C)CC=C. The molecule has 0 aliphatic heterocycles. The van der Waals surface area contributed by atoms with E-state index in [9.17, 15) is 0 Å². The van der Waals surface area contributed by atoms with Gasteiger partial charge >= 0.3 is 0 Å². The number of nitrogens with zero attached hydrogens (tertiary/aromatic N) is 1. The van der Waals surface area contributed by atoms with E-state index in [0.29, 0.717) is 0 Å². The maximum absolute atomic E-state index is 3.74. The normalized spacial score (nSPS) is 10.1. The molecule has 0 radical (unpaired) electrons. The summed E-state index contributed by atoms with van der Waals surface area (Å²) in [6.45, 7) is 16.0. The Bertz CT molecular complexity index is 154. The van der Waals surface area contributed by atoms with Gasteiger partial charge in [-0.2, -0.15) is 0 Å². The standard InChI is InChI=1S/C12H22N2/c1-4-8-13-9-7-12-14(10-5-2)11-6-3/h4-6,13H,1-3,7-12H2. The molecule has 0 rings (SSSR count). The summed E-state index contributed by atoms with van der Waals surface area (Å²) in [5, 5.41) is 3.28. The predicted octanol–water partition coefficient (Wildman–Crippen LogP) is 1.83. The zero-order valence-electron chi connectivity index (χ0n) is 9.04. The highest BCUT2D eigenvalue weighted by Gasteiger charge is 1.98. The van der Waals surface area contributed by atoms with Crippen LogP contribution in [0.2, 0.25) is 0 Å². The highest BCUT2D eigenvalue weighted by atomic mass is 15.1. The average molecular weight is 194 g/mol. The van der Waals surface area contributed by atoms with Gasteiger partial charge in [-0.05, 0) is 19.5 Å². The first-order valence-electron chi connectivity index (χ1n) is 5.11. The molecule has 0 saturated carbocycles. The van der Waals surface area contributed by atoms with Gasteiger partial charge in [-0.25, -0.2) is 0 Å². The Balaban J connectivity index is 3.43. The van der Waals surface area contributed by atoms with Crippen molar-refractivity contribution in [3.05, 3.63) is 38.0 Å². The van der Waals surface area contributed by atoms with Gasteiger partial charge in [-0.3, -0.25) is 4.90 Å². The van der Waals surface area contributed by atoms with E-state index in [1.807, 2.05) is 18.2 Å². The van der Waals surface area contributed by atoms with Crippen LogP contribution in [0.1, 0.15) is 6.42 Å². The minimum Gasteiger partial charge on any atom is -0.313 e. The van der Waals surface area contributed by atoms with Crippen molar-refractivity contribution in [2.45, 2.75) is 6.42 Å². The van der Waals surface area contributed by atoms with Crippen molar-refractivity contribution in [3.63, 3.8) is 0 Å². The van der Waals surface area contributed by atoms with Crippen molar-refractivity contribution in [2.75, 3.05) is 32.7 Å². The van der Waals surface area contributed by atoms with Crippen molar-refractivity contribution >= 4 is 0 Å². The molecule has 80 valence electrons. The minimum atomic E-state index is 0.892. The molecule has 0 aromatic carbocycles. The summed E-state index contributed by atoms with van der Waals surface area (Å²) in [4.78, 5) is 2.32. The van der Waals surface area contributed by atoms with E-state index >= 15 is 0 Å². The molecule has 0 aliphatic carbocycles. The van der Waals surface area contributed by atoms with Gasteiger partial charge in [0, 0.05) is 19.6 Å². The number of hydrogen-bond acceptors (Lipinski definition) is 2. The molecule has 2 nitrogen and oxygen atoms in total. The zero-order chi connectivity index (χ0) is 10.6. The summed E-state index contributed by atoms with van der Waals surface area (Å²) in [6.07, 6.45) is 6.89. The minimum absolute atomic E-state index is 0.892. The molecule has 0 heterocycles. The van der Waals surface area contributed by atoms with Crippen molar-refractivity contribution < 1.29 is 0 Å². The van der Waals surface area contributed by atoms with Crippen molar-refractivity contribution in [1.82, 2.24) is 10.2 Å². The van der Waals surface area contributed by atoms with Crippen LogP contribution < -0.4 is 5.32 Å². The van der Waals surface area contributed by atoms with Gasteiger partial charge in [0.15, 0.2) is 0 Å². The summed E-state index contributed by atoms with van der Waals surface area (Å²) in [6, 6.07) is 0. The lowest BCUT2D eigenvalue weighted by molar-refractivity contribution is 0.328. The van der Waals surface area contributed by atoms with E-state index in [1.54, 1.807) is 0 Å². The van der Waals surface area contributed by atoms with Crippen LogP contribution in [0.15, 0.2) is 38.0 Å². The molecule has 0 aliphatic rings. The third-order valence-corrected chi connectivity index (χ3v) is 1.89. The maximum atomic E-state index is 3.74. The van der Waals surface area contributed by atoms with E-state index in [2.05, 4.69) is 30.0 Å². The first kappa shape index (κ1) is 13.1. The van der Waals surface area contributed by atoms with Crippen LogP contribution in [-0.2, 0) is 0 Å². The second-order valence-corrected chi connectivity index (χ2v) is 3.18. The van der Waals surface area contributed by atoms with E-state index in [0.717, 1.165) is 39.1 Å². The molecular formula is C12H22N2. The van der Waals surface area contributed by atoms with Gasteiger partial charge in [0.1, 0.15) is 0 Å². The quantitative estimate of drug-likeness (QED) is 0.421. The Hall–Kier alpha value is -0.860. The lowest BCUT2D eigenvalue weighted by Crippen LogP contribution is -2.28. The molecule has 0 aromatic rings. The molecular weight excluding hydrogens is 172 g/mol. The van der Waals surface area contributed by atoms with Gasteiger partial charge in [0.2, 0.25) is 0 Å². The molecule has 0 atom stereocenters. The van der Waals surface area contributed by atoms with E-state index in [4.69, 9.17) is 0 Å². The van der Waals surface area contributed by atoms with Gasteiger partial charge in [-0.1, -0.05) is 18.2 Å². The number of rotatable bonds is 10. The fourth-order valence-corrected chi connectivity index (χ4v) is 1.25. The van der Waals surface area contributed by atoms with Crippen LogP contribution in [0, 0.1) is 0 Å². The van der Waals surface area contributed by atoms with Crippen LogP contribution in [0.3, 0.4) is 0 Å². The topological polar surface area (TPSA) is 15.3 Å². The van der Waals surface area contributed by atoms with E-state index < -0.39 is 0 Å². The monoisotopic (exact) mass is 194 g/mol. The summed E-state index contributed by atoms with van der Waals surface area (Å²) in [7, 11) is 0. The maximum Gasteiger partial charge on any atom is 0.0163 e. The molecule has 0 amide bonds. The number of hydrogen-bond donors (Lipinski definition) is 1. The second kappa shape index (κ2) is 10.2. The third kappa shape index (κ3) is 7.77. The molecule has 0 spiro atoms. The van der Waals surface area contributed by atoms with Gasteiger partial charge in [0.05, 0.1) is 0 Å². The highest BCUT2D eigenvalue weighted by Crippen LogP contribution is 1.91. The van der Waals surface area contributed by atoms with Gasteiger partial charge < -0.3 is 5.32 Å². The zero-order valence-corrected chi connectivity index (χ0v) is 9.04. The third-order valence-electron chi connectivity index (χ3n) is 1.89. The van der Waals surface area contributed by atoms with Gasteiger partial charge in [0.25, 0.3) is 0 Å². The highest BCUT2D eigenvalue weighted by molar-refractivity contribution is 4.79. The van der Waals surface area contributed by atoms with Crippen LogP contribution in [-0.4, -0.2) is 37.6 Å². The first-order valence-corrected chi connectivity index (χ1v) is 5.11. The molecule has 2 heteroatoms. The Morgan fingerprint density at radius 2 is 1.64 bits per heavy atom. The lowest BCUT2D eigenvalue weighted by Gasteiger charge is -2.18. The summed E-state index contributed by atoms with van der Waals surface area (Å²) >= 11 is 0. The second-order valence-electron chi connectivity index (χ2n) is 3.18. The molecule has 0 fully saturated rings. The van der Waals surface area contributed by atoms with E-state index in [1.165, 1.54) is 0 Å². The Kier molecular flexibility index (Phi) is 9.59. The van der Waals surface area contributed by atoms with Crippen molar-refractivity contribution in [1.29, 1.82) is 0 Å². The van der Waals surface area contributed by atoms with Crippen LogP contribution >= 0.6 is 0 Å². The smallest absolute Gasteiger partial charge is 0.0163 e. The Morgan fingerprint density at radius 1 is 1.00 bits per heavy atom. The summed E-state index contributed by atoms with van der Waals surface area (Å²) < 4.78 is 0. The van der Waals surface area contributed by atoms with Crippen LogP contribution in [0.4, 0.5) is 0 Å². The summed E-state index contributed by atoms with van der Waals surface area (Å²) in [5.41, 5.74) is 0. The predicted molar refractivity (Wildman–Crippen MR) is 64.5 cm³/mol. The molecule has 0 aromatic heterocycles. The fourth-order valence-electron chi connectivity index (χ4n) is 1.25. The van der Waals surface area contributed by atoms with E-state index in [-0.39, 0.29) is 0 Å². The molecule has 0 saturated heterocycles. The molecule has 1 N–H and O–H groups in total. The first-order chi connectivity index (χ1) is 6.85. The molecule has 14 heavy (non-hydrogen) atoms. The van der Waals surface area contributed by atoms with Crippen molar-refractivity contribution in [2.24, 2.45) is 0 Å². The molecule has 0 unspecified atom stereocenters. The Morgan fingerprint density at radius 3 is 2.14 bits per heavy atom. The largest absolute Gasteiger partial charge is 0.313 e. The van der Waals surface area contributed by atoms with Gasteiger partial charge in [-0.15, -0.1) is 19.7 Å².